The van der Waals surface area contributed by atoms with Crippen molar-refractivity contribution >= 4 is 33.0 Å². The van der Waals surface area contributed by atoms with Crippen molar-refractivity contribution in [2.75, 3.05) is 18.5 Å². The summed E-state index contributed by atoms with van der Waals surface area (Å²) in [7, 11) is -3.65. The first kappa shape index (κ1) is 18.9. The van der Waals surface area contributed by atoms with E-state index >= 15 is 0 Å². The lowest BCUT2D eigenvalue weighted by Crippen LogP contribution is -2.42. The van der Waals surface area contributed by atoms with Crippen molar-refractivity contribution in [2.45, 2.75) is 36.9 Å². The molecule has 1 saturated heterocycles. The maximum Gasteiger partial charge on any atom is 0.253 e. The van der Waals surface area contributed by atoms with Crippen molar-refractivity contribution < 1.29 is 17.9 Å². The summed E-state index contributed by atoms with van der Waals surface area (Å²) in [6.45, 7) is 4.70. The molecule has 1 fully saturated rings. The summed E-state index contributed by atoms with van der Waals surface area (Å²) in [4.78, 5) is 13.6. The zero-order valence-corrected chi connectivity index (χ0v) is 16.4. The molecule has 8 heteroatoms. The van der Waals surface area contributed by atoms with Gasteiger partial charge in [0.05, 0.1) is 6.61 Å². The Kier molecular flexibility index (Phi) is 5.64. The molecule has 1 aromatic carbocycles. The van der Waals surface area contributed by atoms with E-state index in [0.717, 1.165) is 10.6 Å². The van der Waals surface area contributed by atoms with Crippen molar-refractivity contribution in [2.24, 2.45) is 0 Å². The number of nitrogens with one attached hydrogen (secondary N) is 1. The number of rotatable bonds is 6. The van der Waals surface area contributed by atoms with E-state index in [1.165, 1.54) is 15.6 Å². The Bertz CT molecular complexity index is 875. The summed E-state index contributed by atoms with van der Waals surface area (Å²) >= 11 is 1.23. The third kappa shape index (κ3) is 3.92. The van der Waals surface area contributed by atoms with E-state index in [1.54, 1.807) is 36.4 Å². The van der Waals surface area contributed by atoms with Gasteiger partial charge in [-0.2, -0.15) is 4.31 Å². The van der Waals surface area contributed by atoms with Gasteiger partial charge >= 0.3 is 0 Å². The average Bonchev–Trinajstić information content (AvgIpc) is 3.26. The van der Waals surface area contributed by atoms with Crippen LogP contribution >= 0.6 is 11.3 Å². The highest BCUT2D eigenvalue weighted by molar-refractivity contribution is 7.91. The van der Waals surface area contributed by atoms with Gasteiger partial charge in [-0.1, -0.05) is 0 Å². The average molecular weight is 395 g/mol. The number of carbonyl (C=O) groups excluding carboxylic acids is 1. The molecule has 1 aromatic heterocycles. The smallest absolute Gasteiger partial charge is 0.253 e. The van der Waals surface area contributed by atoms with Gasteiger partial charge in [0, 0.05) is 17.1 Å². The number of thiophene rings is 1. The quantitative estimate of drug-likeness (QED) is 0.816. The van der Waals surface area contributed by atoms with Gasteiger partial charge in [-0.3, -0.25) is 4.79 Å². The molecule has 26 heavy (non-hydrogen) atoms. The van der Waals surface area contributed by atoms with Gasteiger partial charge in [-0.25, -0.2) is 8.42 Å². The Morgan fingerprint density at radius 2 is 2.00 bits per heavy atom. The third-order valence-corrected chi connectivity index (χ3v) is 7.59. The SMILES string of the molecule is CCOc1ccc(NC(=O)C2CCCN2S(=O)(=O)c2ccc(C)s2)cc1. The molecule has 140 valence electrons. The zero-order valence-electron chi connectivity index (χ0n) is 14.8. The second kappa shape index (κ2) is 7.77. The monoisotopic (exact) mass is 394 g/mol. The first-order valence-corrected chi connectivity index (χ1v) is 10.8. The summed E-state index contributed by atoms with van der Waals surface area (Å²) in [6.07, 6.45) is 1.19. The van der Waals surface area contributed by atoms with E-state index < -0.39 is 16.1 Å². The van der Waals surface area contributed by atoms with Crippen molar-refractivity contribution in [1.29, 1.82) is 0 Å². The summed E-state index contributed by atoms with van der Waals surface area (Å²) in [6, 6.07) is 9.75. The maximum atomic E-state index is 12.9. The van der Waals surface area contributed by atoms with Crippen LogP contribution in [0.15, 0.2) is 40.6 Å². The highest BCUT2D eigenvalue weighted by atomic mass is 32.2. The lowest BCUT2D eigenvalue weighted by Gasteiger charge is -2.22. The Morgan fingerprint density at radius 1 is 1.27 bits per heavy atom. The topological polar surface area (TPSA) is 75.7 Å². The number of carbonyl (C=O) groups is 1. The van der Waals surface area contributed by atoms with Gasteiger partial charge in [0.25, 0.3) is 10.0 Å². The van der Waals surface area contributed by atoms with E-state index in [1.807, 2.05) is 13.8 Å². The molecule has 0 radical (unpaired) electrons. The highest BCUT2D eigenvalue weighted by Crippen LogP contribution is 2.30. The van der Waals surface area contributed by atoms with Gasteiger partial charge in [0.2, 0.25) is 5.91 Å². The number of ether oxygens (including phenoxy) is 1. The number of amides is 1. The van der Waals surface area contributed by atoms with Gasteiger partial charge in [-0.05, 0) is 63.1 Å². The van der Waals surface area contributed by atoms with Crippen LogP contribution in [0.5, 0.6) is 5.75 Å². The van der Waals surface area contributed by atoms with Crippen LogP contribution in [0.3, 0.4) is 0 Å². The van der Waals surface area contributed by atoms with Crippen LogP contribution in [-0.2, 0) is 14.8 Å². The largest absolute Gasteiger partial charge is 0.494 e. The number of hydrogen-bond acceptors (Lipinski definition) is 5. The Hall–Kier alpha value is -1.90. The maximum absolute atomic E-state index is 12.9. The molecule has 1 aliphatic rings. The first-order chi connectivity index (χ1) is 12.4. The lowest BCUT2D eigenvalue weighted by atomic mass is 10.2. The van der Waals surface area contributed by atoms with Crippen molar-refractivity contribution in [3.05, 3.63) is 41.3 Å². The lowest BCUT2D eigenvalue weighted by molar-refractivity contribution is -0.119. The van der Waals surface area contributed by atoms with E-state index in [0.29, 0.717) is 31.7 Å². The van der Waals surface area contributed by atoms with Gasteiger partial charge in [-0.15, -0.1) is 11.3 Å². The molecule has 0 bridgehead atoms. The Balaban J connectivity index is 1.74. The zero-order chi connectivity index (χ0) is 18.7. The minimum atomic E-state index is -3.65. The number of sulfonamides is 1. The Labute approximate surface area is 157 Å². The summed E-state index contributed by atoms with van der Waals surface area (Å²) < 4.78 is 32.7. The number of anilines is 1. The standard InChI is InChI=1S/C18H22N2O4S2/c1-3-24-15-9-7-14(8-10-15)19-18(21)16-5-4-12-20(16)26(22,23)17-11-6-13(2)25-17/h6-11,16H,3-5,12H2,1-2H3,(H,19,21). The van der Waals surface area contributed by atoms with E-state index in [4.69, 9.17) is 4.74 Å². The molecule has 1 aliphatic heterocycles. The second-order valence-electron chi connectivity index (χ2n) is 6.09. The van der Waals surface area contributed by atoms with E-state index in [9.17, 15) is 13.2 Å². The van der Waals surface area contributed by atoms with Crippen LogP contribution < -0.4 is 10.1 Å². The molecule has 6 nitrogen and oxygen atoms in total. The number of nitrogens with zero attached hydrogens (tertiary/aromatic N) is 1. The van der Waals surface area contributed by atoms with Gasteiger partial charge in [0.1, 0.15) is 16.0 Å². The molecule has 2 heterocycles. The fourth-order valence-corrected chi connectivity index (χ4v) is 6.05. The van der Waals surface area contributed by atoms with E-state index in [2.05, 4.69) is 5.32 Å². The number of hydrogen-bond donors (Lipinski definition) is 1. The molecule has 1 N–H and O–H groups in total. The minimum Gasteiger partial charge on any atom is -0.494 e. The fraction of sp³-hybridized carbons (Fsp3) is 0.389. The summed E-state index contributed by atoms with van der Waals surface area (Å²) in [5.41, 5.74) is 0.620. The molecular formula is C18H22N2O4S2. The molecule has 0 aliphatic carbocycles. The summed E-state index contributed by atoms with van der Waals surface area (Å²) in [5.74, 6) is 0.423. The summed E-state index contributed by atoms with van der Waals surface area (Å²) in [5, 5.41) is 2.81. The molecule has 1 unspecified atom stereocenters. The molecule has 0 spiro atoms. The van der Waals surface area contributed by atoms with Crippen LogP contribution in [0.2, 0.25) is 0 Å². The normalized spacial score (nSPS) is 18.0. The van der Waals surface area contributed by atoms with Crippen molar-refractivity contribution in [1.82, 2.24) is 4.31 Å². The first-order valence-electron chi connectivity index (χ1n) is 8.54. The number of aryl methyl sites for hydroxylation is 1. The Morgan fingerprint density at radius 3 is 2.62 bits per heavy atom. The highest BCUT2D eigenvalue weighted by Gasteiger charge is 2.40. The minimum absolute atomic E-state index is 0.288. The van der Waals surface area contributed by atoms with Gasteiger partial charge in [0.15, 0.2) is 0 Å². The van der Waals surface area contributed by atoms with Crippen molar-refractivity contribution in [3.8, 4) is 5.75 Å². The molecule has 1 atom stereocenters. The fourth-order valence-electron chi connectivity index (χ4n) is 2.98. The van der Waals surface area contributed by atoms with Crippen LogP contribution in [-0.4, -0.2) is 37.8 Å². The third-order valence-electron chi connectivity index (χ3n) is 4.22. The van der Waals surface area contributed by atoms with Crippen LogP contribution in [0.4, 0.5) is 5.69 Å². The number of benzene rings is 1. The van der Waals surface area contributed by atoms with Crippen LogP contribution in [0.25, 0.3) is 0 Å². The van der Waals surface area contributed by atoms with E-state index in [-0.39, 0.29) is 10.1 Å². The molecule has 2 aromatic rings. The van der Waals surface area contributed by atoms with Gasteiger partial charge < -0.3 is 10.1 Å². The molecule has 1 amide bonds. The molecule has 0 saturated carbocycles. The molecule has 3 rings (SSSR count). The van der Waals surface area contributed by atoms with Crippen molar-refractivity contribution in [3.63, 3.8) is 0 Å². The van der Waals surface area contributed by atoms with Crippen LogP contribution in [0, 0.1) is 6.92 Å². The van der Waals surface area contributed by atoms with Crippen LogP contribution in [0.1, 0.15) is 24.6 Å². The molecular weight excluding hydrogens is 372 g/mol. The predicted octanol–water partition coefficient (Wildman–Crippen LogP) is 3.25. The second-order valence-corrected chi connectivity index (χ2v) is 9.49. The predicted molar refractivity (Wildman–Crippen MR) is 102 cm³/mol.